The second-order valence-corrected chi connectivity index (χ2v) is 5.74. The smallest absolute Gasteiger partial charge is 0.251 e. The second kappa shape index (κ2) is 7.89. The minimum absolute atomic E-state index is 0.227. The summed E-state index contributed by atoms with van der Waals surface area (Å²) in [6.07, 6.45) is 2.03. The van der Waals surface area contributed by atoms with E-state index in [2.05, 4.69) is 44.1 Å². The van der Waals surface area contributed by atoms with E-state index < -0.39 is 5.82 Å². The van der Waals surface area contributed by atoms with Crippen LogP contribution in [0.1, 0.15) is 30.1 Å². The maximum absolute atomic E-state index is 13.3. The highest BCUT2D eigenvalue weighted by atomic mass is 79.9. The molecule has 1 aromatic rings. The Bertz CT molecular complexity index is 412. The van der Waals surface area contributed by atoms with Crippen LogP contribution < -0.4 is 5.32 Å². The minimum atomic E-state index is -0.421. The molecule has 1 unspecified atom stereocenters. The molecule has 0 heterocycles. The molecule has 0 aliphatic carbocycles. The molecule has 0 aliphatic heterocycles. The number of alkyl halides is 1. The number of amides is 1. The Morgan fingerprint density at radius 1 is 1.50 bits per heavy atom. The van der Waals surface area contributed by atoms with Gasteiger partial charge in [0.2, 0.25) is 0 Å². The number of rotatable bonds is 6. The van der Waals surface area contributed by atoms with Crippen molar-refractivity contribution >= 4 is 37.8 Å². The van der Waals surface area contributed by atoms with Gasteiger partial charge < -0.3 is 5.32 Å². The zero-order chi connectivity index (χ0) is 13.5. The Hall–Kier alpha value is -0.420. The van der Waals surface area contributed by atoms with Crippen LogP contribution in [0.2, 0.25) is 0 Å². The maximum Gasteiger partial charge on any atom is 0.251 e. The summed E-state index contributed by atoms with van der Waals surface area (Å²) in [5.74, 6) is -0.196. The molecule has 1 atom stereocenters. The van der Waals surface area contributed by atoms with E-state index in [0.717, 1.165) is 18.2 Å². The van der Waals surface area contributed by atoms with Crippen molar-refractivity contribution in [2.24, 2.45) is 5.92 Å². The molecule has 100 valence electrons. The van der Waals surface area contributed by atoms with Gasteiger partial charge in [-0.15, -0.1) is 0 Å². The zero-order valence-electron chi connectivity index (χ0n) is 10.2. The van der Waals surface area contributed by atoms with Crippen molar-refractivity contribution in [3.05, 3.63) is 34.1 Å². The molecule has 5 heteroatoms. The summed E-state index contributed by atoms with van der Waals surface area (Å²) in [6, 6.07) is 4.39. The quantitative estimate of drug-likeness (QED) is 0.738. The number of carbonyl (C=O) groups excluding carboxylic acids is 1. The largest absolute Gasteiger partial charge is 0.352 e. The van der Waals surface area contributed by atoms with Crippen LogP contribution in [0.4, 0.5) is 4.39 Å². The third-order valence-electron chi connectivity index (χ3n) is 2.83. The SMILES string of the molecule is CCC(CCBr)CNC(=O)c1ccc(Br)c(F)c1. The fourth-order valence-electron chi connectivity index (χ4n) is 1.58. The monoisotopic (exact) mass is 379 g/mol. The fourth-order valence-corrected chi connectivity index (χ4v) is 2.48. The highest BCUT2D eigenvalue weighted by molar-refractivity contribution is 9.10. The molecule has 0 aliphatic rings. The van der Waals surface area contributed by atoms with E-state index in [1.807, 2.05) is 0 Å². The molecule has 1 N–H and O–H groups in total. The molecule has 0 fully saturated rings. The summed E-state index contributed by atoms with van der Waals surface area (Å²) in [6.45, 7) is 2.72. The molecule has 18 heavy (non-hydrogen) atoms. The van der Waals surface area contributed by atoms with Gasteiger partial charge in [-0.2, -0.15) is 0 Å². The van der Waals surface area contributed by atoms with Crippen LogP contribution in [0.15, 0.2) is 22.7 Å². The number of benzene rings is 1. The standard InChI is InChI=1S/C13H16Br2FNO/c1-2-9(5-6-14)8-17-13(18)10-3-4-11(15)12(16)7-10/h3-4,7,9H,2,5-6,8H2,1H3,(H,17,18). The van der Waals surface area contributed by atoms with Gasteiger partial charge in [-0.05, 0) is 46.5 Å². The van der Waals surface area contributed by atoms with Gasteiger partial charge in [0.25, 0.3) is 5.91 Å². The Morgan fingerprint density at radius 3 is 2.78 bits per heavy atom. The van der Waals surface area contributed by atoms with Crippen molar-refractivity contribution < 1.29 is 9.18 Å². The molecular weight excluding hydrogens is 365 g/mol. The van der Waals surface area contributed by atoms with Gasteiger partial charge in [0.1, 0.15) is 5.82 Å². The summed E-state index contributed by atoms with van der Waals surface area (Å²) >= 11 is 6.45. The number of carbonyl (C=O) groups is 1. The van der Waals surface area contributed by atoms with Gasteiger partial charge in [0.05, 0.1) is 4.47 Å². The van der Waals surface area contributed by atoms with Gasteiger partial charge in [0, 0.05) is 17.4 Å². The summed E-state index contributed by atoms with van der Waals surface area (Å²) < 4.78 is 13.7. The lowest BCUT2D eigenvalue weighted by molar-refractivity contribution is 0.0946. The number of nitrogens with one attached hydrogen (secondary N) is 1. The molecule has 2 nitrogen and oxygen atoms in total. The first kappa shape index (κ1) is 15.6. The third-order valence-corrected chi connectivity index (χ3v) is 3.93. The Balaban J connectivity index is 2.57. The van der Waals surface area contributed by atoms with Crippen LogP contribution in [-0.4, -0.2) is 17.8 Å². The normalized spacial score (nSPS) is 12.2. The van der Waals surface area contributed by atoms with Crippen LogP contribution in [0.3, 0.4) is 0 Å². The Morgan fingerprint density at radius 2 is 2.22 bits per heavy atom. The second-order valence-electron chi connectivity index (χ2n) is 4.09. The lowest BCUT2D eigenvalue weighted by atomic mass is 10.0. The molecule has 1 aromatic carbocycles. The first-order valence-electron chi connectivity index (χ1n) is 5.87. The maximum atomic E-state index is 13.3. The molecule has 1 rings (SSSR count). The molecule has 0 radical (unpaired) electrons. The lowest BCUT2D eigenvalue weighted by Crippen LogP contribution is -2.29. The highest BCUT2D eigenvalue weighted by Crippen LogP contribution is 2.16. The number of halogens is 3. The Labute approximate surface area is 124 Å². The first-order valence-corrected chi connectivity index (χ1v) is 7.79. The minimum Gasteiger partial charge on any atom is -0.352 e. The summed E-state index contributed by atoms with van der Waals surface area (Å²) in [4.78, 5) is 11.8. The zero-order valence-corrected chi connectivity index (χ0v) is 13.4. The molecule has 0 saturated heterocycles. The number of hydrogen-bond acceptors (Lipinski definition) is 1. The summed E-state index contributed by atoms with van der Waals surface area (Å²) in [7, 11) is 0. The van der Waals surface area contributed by atoms with Gasteiger partial charge in [-0.25, -0.2) is 4.39 Å². The van der Waals surface area contributed by atoms with Crippen LogP contribution in [0.25, 0.3) is 0 Å². The van der Waals surface area contributed by atoms with Crippen LogP contribution in [0.5, 0.6) is 0 Å². The predicted octanol–water partition coefficient (Wildman–Crippen LogP) is 4.13. The molecule has 0 bridgehead atoms. The summed E-state index contributed by atoms with van der Waals surface area (Å²) in [5, 5.41) is 3.76. The van der Waals surface area contributed by atoms with Gasteiger partial charge in [0.15, 0.2) is 0 Å². The topological polar surface area (TPSA) is 29.1 Å². The van der Waals surface area contributed by atoms with Gasteiger partial charge in [-0.1, -0.05) is 29.3 Å². The van der Waals surface area contributed by atoms with E-state index in [0.29, 0.717) is 22.5 Å². The van der Waals surface area contributed by atoms with Crippen molar-refractivity contribution in [2.75, 3.05) is 11.9 Å². The van der Waals surface area contributed by atoms with E-state index in [9.17, 15) is 9.18 Å². The van der Waals surface area contributed by atoms with E-state index >= 15 is 0 Å². The van der Waals surface area contributed by atoms with Crippen LogP contribution in [0, 0.1) is 11.7 Å². The first-order chi connectivity index (χ1) is 8.58. The third kappa shape index (κ3) is 4.69. The average Bonchev–Trinajstić information content (AvgIpc) is 2.37. The van der Waals surface area contributed by atoms with E-state index in [-0.39, 0.29) is 5.91 Å². The Kier molecular flexibility index (Phi) is 6.86. The predicted molar refractivity (Wildman–Crippen MR) is 78.6 cm³/mol. The highest BCUT2D eigenvalue weighted by Gasteiger charge is 2.11. The average molecular weight is 381 g/mol. The van der Waals surface area contributed by atoms with E-state index in [1.165, 1.54) is 6.07 Å². The van der Waals surface area contributed by atoms with E-state index in [4.69, 9.17) is 0 Å². The summed E-state index contributed by atoms with van der Waals surface area (Å²) in [5.41, 5.74) is 0.351. The van der Waals surface area contributed by atoms with Gasteiger partial charge >= 0.3 is 0 Å². The molecule has 0 spiro atoms. The van der Waals surface area contributed by atoms with Crippen LogP contribution in [-0.2, 0) is 0 Å². The van der Waals surface area contributed by atoms with Crippen molar-refractivity contribution in [2.45, 2.75) is 19.8 Å². The van der Waals surface area contributed by atoms with Crippen molar-refractivity contribution in [3.63, 3.8) is 0 Å². The fraction of sp³-hybridized carbons (Fsp3) is 0.462. The molecular formula is C13H16Br2FNO. The number of hydrogen-bond donors (Lipinski definition) is 1. The van der Waals surface area contributed by atoms with Gasteiger partial charge in [-0.3, -0.25) is 4.79 Å². The van der Waals surface area contributed by atoms with Crippen molar-refractivity contribution in [1.29, 1.82) is 0 Å². The lowest BCUT2D eigenvalue weighted by Gasteiger charge is -2.14. The van der Waals surface area contributed by atoms with Crippen LogP contribution >= 0.6 is 31.9 Å². The van der Waals surface area contributed by atoms with E-state index in [1.54, 1.807) is 12.1 Å². The van der Waals surface area contributed by atoms with Crippen molar-refractivity contribution in [3.8, 4) is 0 Å². The molecule has 0 saturated carbocycles. The molecule has 0 aromatic heterocycles. The molecule has 1 amide bonds. The van der Waals surface area contributed by atoms with Crippen molar-refractivity contribution in [1.82, 2.24) is 5.32 Å².